The van der Waals surface area contributed by atoms with Crippen LogP contribution in [-0.2, 0) is 11.2 Å². The van der Waals surface area contributed by atoms with Crippen LogP contribution in [0.5, 0.6) is 0 Å². The zero-order chi connectivity index (χ0) is 13.7. The van der Waals surface area contributed by atoms with Gasteiger partial charge >= 0.3 is 0 Å². The van der Waals surface area contributed by atoms with E-state index in [4.69, 9.17) is 5.73 Å². The van der Waals surface area contributed by atoms with Crippen LogP contribution in [0.3, 0.4) is 0 Å². The van der Waals surface area contributed by atoms with E-state index in [1.807, 2.05) is 43.3 Å². The molecule has 2 N–H and O–H groups in total. The normalized spacial score (nSPS) is 10.2. The first kappa shape index (κ1) is 13.1. The molecule has 0 atom stereocenters. The molecule has 1 amide bonds. The van der Waals surface area contributed by atoms with Crippen molar-refractivity contribution in [3.05, 3.63) is 54.4 Å². The van der Waals surface area contributed by atoms with E-state index in [1.165, 1.54) is 0 Å². The van der Waals surface area contributed by atoms with Gasteiger partial charge in [0.25, 0.3) is 0 Å². The van der Waals surface area contributed by atoms with Gasteiger partial charge in [0.1, 0.15) is 0 Å². The van der Waals surface area contributed by atoms with E-state index in [0.29, 0.717) is 18.7 Å². The number of benzene rings is 1. The van der Waals surface area contributed by atoms with Gasteiger partial charge < -0.3 is 10.6 Å². The molecule has 1 heterocycles. The third-order valence-electron chi connectivity index (χ3n) is 2.90. The van der Waals surface area contributed by atoms with Crippen molar-refractivity contribution in [2.45, 2.75) is 13.3 Å². The van der Waals surface area contributed by atoms with Crippen molar-refractivity contribution in [2.75, 3.05) is 17.2 Å². The molecule has 0 fully saturated rings. The predicted molar refractivity (Wildman–Crippen MR) is 76.8 cm³/mol. The van der Waals surface area contributed by atoms with Gasteiger partial charge in [-0.25, -0.2) is 0 Å². The average molecular weight is 255 g/mol. The topological polar surface area (TPSA) is 59.2 Å². The molecule has 4 heteroatoms. The van der Waals surface area contributed by atoms with Crippen LogP contribution in [0.1, 0.15) is 12.5 Å². The van der Waals surface area contributed by atoms with Crippen molar-refractivity contribution in [3.8, 4) is 0 Å². The number of rotatable bonds is 4. The molecule has 0 saturated heterocycles. The second-order valence-electron chi connectivity index (χ2n) is 4.27. The van der Waals surface area contributed by atoms with Crippen LogP contribution >= 0.6 is 0 Å². The molecule has 0 radical (unpaired) electrons. The van der Waals surface area contributed by atoms with Gasteiger partial charge in [-0.05, 0) is 36.8 Å². The first-order valence-electron chi connectivity index (χ1n) is 6.25. The molecule has 1 aromatic heterocycles. The molecule has 0 saturated carbocycles. The van der Waals surface area contributed by atoms with Crippen molar-refractivity contribution in [1.82, 2.24) is 4.98 Å². The van der Waals surface area contributed by atoms with Crippen molar-refractivity contribution < 1.29 is 4.79 Å². The van der Waals surface area contributed by atoms with E-state index in [9.17, 15) is 4.79 Å². The summed E-state index contributed by atoms with van der Waals surface area (Å²) >= 11 is 0. The van der Waals surface area contributed by atoms with E-state index in [0.717, 1.165) is 11.3 Å². The maximum absolute atomic E-state index is 12.3. The summed E-state index contributed by atoms with van der Waals surface area (Å²) in [4.78, 5) is 18.0. The molecule has 0 spiro atoms. The quantitative estimate of drug-likeness (QED) is 0.852. The summed E-state index contributed by atoms with van der Waals surface area (Å²) < 4.78 is 0. The van der Waals surface area contributed by atoms with Crippen LogP contribution in [0, 0.1) is 0 Å². The molecule has 98 valence electrons. The Hall–Kier alpha value is -2.36. The molecular formula is C15H17N3O. The monoisotopic (exact) mass is 255 g/mol. The highest BCUT2D eigenvalue weighted by Gasteiger charge is 2.14. The van der Waals surface area contributed by atoms with Crippen LogP contribution in [0.2, 0.25) is 0 Å². The highest BCUT2D eigenvalue weighted by atomic mass is 16.2. The molecular weight excluding hydrogens is 238 g/mol. The lowest BCUT2D eigenvalue weighted by molar-refractivity contribution is -0.117. The lowest BCUT2D eigenvalue weighted by Gasteiger charge is -2.20. The van der Waals surface area contributed by atoms with Crippen LogP contribution in [0.4, 0.5) is 11.4 Å². The molecule has 0 unspecified atom stereocenters. The smallest absolute Gasteiger partial charge is 0.231 e. The largest absolute Gasteiger partial charge is 0.399 e. The summed E-state index contributed by atoms with van der Waals surface area (Å²) in [5.41, 5.74) is 8.19. The number of carbonyl (C=O) groups excluding carboxylic acids is 1. The van der Waals surface area contributed by atoms with Gasteiger partial charge in [-0.2, -0.15) is 0 Å². The van der Waals surface area contributed by atoms with Gasteiger partial charge in [0.05, 0.1) is 6.42 Å². The zero-order valence-electron chi connectivity index (χ0n) is 10.9. The summed E-state index contributed by atoms with van der Waals surface area (Å²) in [5, 5.41) is 0. The Labute approximate surface area is 112 Å². The van der Waals surface area contributed by atoms with Crippen molar-refractivity contribution >= 4 is 17.3 Å². The lowest BCUT2D eigenvalue weighted by Crippen LogP contribution is -2.31. The van der Waals surface area contributed by atoms with Gasteiger partial charge in [-0.15, -0.1) is 0 Å². The Morgan fingerprint density at radius 3 is 2.63 bits per heavy atom. The van der Waals surface area contributed by atoms with E-state index >= 15 is 0 Å². The van der Waals surface area contributed by atoms with Crippen molar-refractivity contribution in [3.63, 3.8) is 0 Å². The van der Waals surface area contributed by atoms with Crippen LogP contribution in [0.25, 0.3) is 0 Å². The number of carbonyl (C=O) groups is 1. The number of nitrogens with two attached hydrogens (primary N) is 1. The molecule has 1 aromatic carbocycles. The maximum atomic E-state index is 12.3. The minimum atomic E-state index is 0.0549. The molecule has 4 nitrogen and oxygen atoms in total. The second-order valence-corrected chi connectivity index (χ2v) is 4.27. The summed E-state index contributed by atoms with van der Waals surface area (Å²) in [7, 11) is 0. The minimum Gasteiger partial charge on any atom is -0.399 e. The number of nitrogens with zero attached hydrogens (tertiary/aromatic N) is 2. The van der Waals surface area contributed by atoms with Crippen LogP contribution in [0.15, 0.2) is 48.8 Å². The fourth-order valence-corrected chi connectivity index (χ4v) is 2.00. The van der Waals surface area contributed by atoms with Gasteiger partial charge in [-0.3, -0.25) is 9.78 Å². The van der Waals surface area contributed by atoms with E-state index in [-0.39, 0.29) is 5.91 Å². The third-order valence-corrected chi connectivity index (χ3v) is 2.90. The Balaban J connectivity index is 2.14. The van der Waals surface area contributed by atoms with Gasteiger partial charge in [0, 0.05) is 30.3 Å². The van der Waals surface area contributed by atoms with E-state index < -0.39 is 0 Å². The maximum Gasteiger partial charge on any atom is 0.231 e. The summed E-state index contributed by atoms with van der Waals surface area (Å²) in [6.45, 7) is 2.59. The fraction of sp³-hybridized carbons (Fsp3) is 0.200. The molecule has 19 heavy (non-hydrogen) atoms. The number of pyridine rings is 1. The molecule has 2 rings (SSSR count). The number of hydrogen-bond donors (Lipinski definition) is 1. The Morgan fingerprint density at radius 1 is 1.26 bits per heavy atom. The zero-order valence-corrected chi connectivity index (χ0v) is 10.9. The van der Waals surface area contributed by atoms with Crippen molar-refractivity contribution in [1.29, 1.82) is 0 Å². The number of anilines is 2. The summed E-state index contributed by atoms with van der Waals surface area (Å²) in [6.07, 6.45) is 3.72. The highest BCUT2D eigenvalue weighted by Crippen LogP contribution is 2.15. The Kier molecular flexibility index (Phi) is 4.13. The fourth-order valence-electron chi connectivity index (χ4n) is 2.00. The lowest BCUT2D eigenvalue weighted by atomic mass is 10.1. The molecule has 0 aliphatic rings. The number of aromatic nitrogens is 1. The SMILES string of the molecule is CCN(C(=O)Cc1cccc(N)c1)c1ccncc1. The number of nitrogen functional groups attached to an aromatic ring is 1. The van der Waals surface area contributed by atoms with E-state index in [1.54, 1.807) is 17.3 Å². The predicted octanol–water partition coefficient (Wildman–Crippen LogP) is 2.26. The Morgan fingerprint density at radius 2 is 2.00 bits per heavy atom. The summed E-state index contributed by atoms with van der Waals surface area (Å²) in [6, 6.07) is 11.1. The third kappa shape index (κ3) is 3.31. The highest BCUT2D eigenvalue weighted by molar-refractivity contribution is 5.94. The first-order valence-corrected chi connectivity index (χ1v) is 6.25. The first-order chi connectivity index (χ1) is 9.20. The molecule has 0 aliphatic heterocycles. The number of likely N-dealkylation sites (N-methyl/N-ethyl adjacent to an activating group) is 1. The number of amides is 1. The average Bonchev–Trinajstić information content (AvgIpc) is 2.41. The second kappa shape index (κ2) is 6.00. The van der Waals surface area contributed by atoms with Gasteiger partial charge in [0.2, 0.25) is 5.91 Å². The molecule has 2 aromatic rings. The van der Waals surface area contributed by atoms with Crippen LogP contribution < -0.4 is 10.6 Å². The van der Waals surface area contributed by atoms with Crippen LogP contribution in [-0.4, -0.2) is 17.4 Å². The minimum absolute atomic E-state index is 0.0549. The standard InChI is InChI=1S/C15H17N3O/c1-2-18(14-6-8-17-9-7-14)15(19)11-12-4-3-5-13(16)10-12/h3-10H,2,11,16H2,1H3. The molecule has 0 aliphatic carbocycles. The Bertz CT molecular complexity index is 554. The van der Waals surface area contributed by atoms with Gasteiger partial charge in [-0.1, -0.05) is 12.1 Å². The van der Waals surface area contributed by atoms with E-state index in [2.05, 4.69) is 4.98 Å². The number of hydrogen-bond acceptors (Lipinski definition) is 3. The van der Waals surface area contributed by atoms with Crippen molar-refractivity contribution in [2.24, 2.45) is 0 Å². The summed E-state index contributed by atoms with van der Waals surface area (Å²) in [5.74, 6) is 0.0549. The molecule has 0 bridgehead atoms. The van der Waals surface area contributed by atoms with Gasteiger partial charge in [0.15, 0.2) is 0 Å².